The van der Waals surface area contributed by atoms with Gasteiger partial charge in [-0.2, -0.15) is 0 Å². The van der Waals surface area contributed by atoms with Gasteiger partial charge in [-0.3, -0.25) is 9.59 Å². The van der Waals surface area contributed by atoms with Crippen LogP contribution in [0, 0.1) is 0 Å². The van der Waals surface area contributed by atoms with E-state index in [9.17, 15) is 9.59 Å². The van der Waals surface area contributed by atoms with Crippen molar-refractivity contribution < 1.29 is 14.3 Å². The summed E-state index contributed by atoms with van der Waals surface area (Å²) in [6.45, 7) is 1.87. The molecule has 1 atom stereocenters. The van der Waals surface area contributed by atoms with Crippen molar-refractivity contribution in [2.75, 3.05) is 12.0 Å². The van der Waals surface area contributed by atoms with E-state index in [1.54, 1.807) is 12.0 Å². The molecule has 1 N–H and O–H groups in total. The first kappa shape index (κ1) is 15.1. The third kappa shape index (κ3) is 2.90. The number of ether oxygens (including phenoxy) is 1. The van der Waals surface area contributed by atoms with Gasteiger partial charge in [-0.15, -0.1) is 0 Å². The normalized spacial score (nSPS) is 16.2. The first-order chi connectivity index (χ1) is 11.1. The number of anilines is 1. The highest BCUT2D eigenvalue weighted by atomic mass is 16.5. The maximum atomic E-state index is 12.7. The van der Waals surface area contributed by atoms with Crippen LogP contribution in [0.1, 0.15) is 24.1 Å². The van der Waals surface area contributed by atoms with Gasteiger partial charge < -0.3 is 15.0 Å². The summed E-state index contributed by atoms with van der Waals surface area (Å²) in [6, 6.07) is 14.5. The van der Waals surface area contributed by atoms with Gasteiger partial charge in [-0.1, -0.05) is 30.3 Å². The predicted octanol–water partition coefficient (Wildman–Crippen LogP) is 2.42. The van der Waals surface area contributed by atoms with Crippen molar-refractivity contribution in [3.05, 3.63) is 59.7 Å². The lowest BCUT2D eigenvalue weighted by atomic mass is 10.1. The fraction of sp³-hybridized carbons (Fsp3) is 0.222. The van der Waals surface area contributed by atoms with Gasteiger partial charge in [0.25, 0.3) is 5.91 Å². The SMILES string of the molecule is COc1ccc(CN2C(=O)C(NC(C)=O)c3ccccc32)cc1. The monoisotopic (exact) mass is 310 g/mol. The number of nitrogens with zero attached hydrogens (tertiary/aromatic N) is 1. The Morgan fingerprint density at radius 1 is 1.17 bits per heavy atom. The molecule has 1 aliphatic rings. The summed E-state index contributed by atoms with van der Waals surface area (Å²) in [5.41, 5.74) is 2.67. The molecule has 0 saturated carbocycles. The number of carbonyl (C=O) groups is 2. The van der Waals surface area contributed by atoms with Gasteiger partial charge in [0.15, 0.2) is 0 Å². The average Bonchev–Trinajstić information content (AvgIpc) is 2.81. The second-order valence-electron chi connectivity index (χ2n) is 5.46. The molecule has 0 bridgehead atoms. The molecule has 0 aliphatic carbocycles. The standard InChI is InChI=1S/C18H18N2O3/c1-12(21)19-17-15-5-3-4-6-16(15)20(18(17)22)11-13-7-9-14(23-2)10-8-13/h3-10,17H,11H2,1-2H3,(H,19,21). The highest BCUT2D eigenvalue weighted by Crippen LogP contribution is 2.36. The fourth-order valence-corrected chi connectivity index (χ4v) is 2.80. The van der Waals surface area contributed by atoms with Gasteiger partial charge in [0.1, 0.15) is 11.8 Å². The minimum Gasteiger partial charge on any atom is -0.497 e. The van der Waals surface area contributed by atoms with E-state index in [2.05, 4.69) is 5.32 Å². The van der Waals surface area contributed by atoms with E-state index in [0.29, 0.717) is 6.54 Å². The maximum absolute atomic E-state index is 12.7. The third-order valence-electron chi connectivity index (χ3n) is 3.90. The summed E-state index contributed by atoms with van der Waals surface area (Å²) < 4.78 is 5.15. The van der Waals surface area contributed by atoms with Gasteiger partial charge in [-0.25, -0.2) is 0 Å². The quantitative estimate of drug-likeness (QED) is 0.943. The van der Waals surface area contributed by atoms with Crippen LogP contribution in [0.4, 0.5) is 5.69 Å². The molecule has 2 amide bonds. The summed E-state index contributed by atoms with van der Waals surface area (Å²) in [5.74, 6) is 0.444. The number of methoxy groups -OCH3 is 1. The van der Waals surface area contributed by atoms with Crippen LogP contribution in [-0.2, 0) is 16.1 Å². The van der Waals surface area contributed by atoms with Gasteiger partial charge in [0.2, 0.25) is 5.91 Å². The van der Waals surface area contributed by atoms with E-state index >= 15 is 0 Å². The van der Waals surface area contributed by atoms with Crippen molar-refractivity contribution in [2.24, 2.45) is 0 Å². The first-order valence-corrected chi connectivity index (χ1v) is 7.40. The molecule has 0 fully saturated rings. The van der Waals surface area contributed by atoms with Gasteiger partial charge in [-0.05, 0) is 23.8 Å². The van der Waals surface area contributed by atoms with E-state index in [1.807, 2.05) is 48.5 Å². The van der Waals surface area contributed by atoms with Crippen molar-refractivity contribution in [2.45, 2.75) is 19.5 Å². The Hall–Kier alpha value is -2.82. The minimum atomic E-state index is -0.609. The van der Waals surface area contributed by atoms with Crippen molar-refractivity contribution in [3.63, 3.8) is 0 Å². The smallest absolute Gasteiger partial charge is 0.254 e. The Balaban J connectivity index is 1.89. The lowest BCUT2D eigenvalue weighted by molar-refractivity contribution is -0.126. The molecule has 5 heteroatoms. The molecule has 3 rings (SSSR count). The largest absolute Gasteiger partial charge is 0.497 e. The van der Waals surface area contributed by atoms with Gasteiger partial charge >= 0.3 is 0 Å². The van der Waals surface area contributed by atoms with Crippen molar-refractivity contribution in [1.82, 2.24) is 5.32 Å². The molecule has 2 aromatic rings. The van der Waals surface area contributed by atoms with E-state index in [0.717, 1.165) is 22.6 Å². The molecular weight excluding hydrogens is 292 g/mol. The summed E-state index contributed by atoms with van der Waals surface area (Å²) >= 11 is 0. The molecule has 0 saturated heterocycles. The summed E-state index contributed by atoms with van der Waals surface area (Å²) in [7, 11) is 1.62. The topological polar surface area (TPSA) is 58.6 Å². The van der Waals surface area contributed by atoms with Crippen LogP contribution in [-0.4, -0.2) is 18.9 Å². The Morgan fingerprint density at radius 3 is 2.52 bits per heavy atom. The van der Waals surface area contributed by atoms with E-state index in [4.69, 9.17) is 4.74 Å². The van der Waals surface area contributed by atoms with Gasteiger partial charge in [0, 0.05) is 18.2 Å². The summed E-state index contributed by atoms with van der Waals surface area (Å²) in [4.78, 5) is 25.8. The Bertz CT molecular complexity index is 740. The van der Waals surface area contributed by atoms with Crippen LogP contribution < -0.4 is 15.0 Å². The molecule has 0 radical (unpaired) electrons. The molecule has 23 heavy (non-hydrogen) atoms. The number of hydrogen-bond acceptors (Lipinski definition) is 3. The van der Waals surface area contributed by atoms with Crippen LogP contribution in [0.5, 0.6) is 5.75 Å². The third-order valence-corrected chi connectivity index (χ3v) is 3.90. The Kier molecular flexibility index (Phi) is 4.02. The van der Waals surface area contributed by atoms with Crippen molar-refractivity contribution in [1.29, 1.82) is 0 Å². The zero-order valence-electron chi connectivity index (χ0n) is 13.1. The average molecular weight is 310 g/mol. The number of carbonyl (C=O) groups excluding carboxylic acids is 2. The van der Waals surface area contributed by atoms with Crippen LogP contribution >= 0.6 is 0 Å². The molecule has 0 aromatic heterocycles. The van der Waals surface area contributed by atoms with E-state index in [-0.39, 0.29) is 11.8 Å². The van der Waals surface area contributed by atoms with Crippen LogP contribution in [0.15, 0.2) is 48.5 Å². The zero-order valence-corrected chi connectivity index (χ0v) is 13.1. The minimum absolute atomic E-state index is 0.114. The number of benzene rings is 2. The molecular formula is C18H18N2O3. The van der Waals surface area contributed by atoms with Crippen molar-refractivity contribution >= 4 is 17.5 Å². The predicted molar refractivity (Wildman–Crippen MR) is 87.2 cm³/mol. The zero-order chi connectivity index (χ0) is 16.4. The molecule has 118 valence electrons. The van der Waals surface area contributed by atoms with Crippen LogP contribution in [0.25, 0.3) is 0 Å². The lowest BCUT2D eigenvalue weighted by Crippen LogP contribution is -2.36. The number of amides is 2. The highest BCUT2D eigenvalue weighted by molar-refractivity contribution is 6.06. The maximum Gasteiger partial charge on any atom is 0.254 e. The second-order valence-corrected chi connectivity index (χ2v) is 5.46. The fourth-order valence-electron chi connectivity index (χ4n) is 2.80. The molecule has 1 aliphatic heterocycles. The highest BCUT2D eigenvalue weighted by Gasteiger charge is 2.37. The molecule has 5 nitrogen and oxygen atoms in total. The summed E-state index contributed by atoms with van der Waals surface area (Å²) in [5, 5.41) is 2.73. The van der Waals surface area contributed by atoms with Crippen molar-refractivity contribution in [3.8, 4) is 5.75 Å². The molecule has 1 heterocycles. The van der Waals surface area contributed by atoms with E-state index in [1.165, 1.54) is 6.92 Å². The number of fused-ring (bicyclic) bond motifs is 1. The number of para-hydroxylation sites is 1. The van der Waals surface area contributed by atoms with E-state index < -0.39 is 6.04 Å². The molecule has 2 aromatic carbocycles. The number of rotatable bonds is 4. The van der Waals surface area contributed by atoms with Crippen LogP contribution in [0.2, 0.25) is 0 Å². The molecule has 0 spiro atoms. The van der Waals surface area contributed by atoms with Gasteiger partial charge in [0.05, 0.1) is 13.7 Å². The Morgan fingerprint density at radius 2 is 1.87 bits per heavy atom. The Labute approximate surface area is 134 Å². The van der Waals surface area contributed by atoms with Crippen LogP contribution in [0.3, 0.4) is 0 Å². The second kappa shape index (κ2) is 6.12. The first-order valence-electron chi connectivity index (χ1n) is 7.40. The molecule has 1 unspecified atom stereocenters. The number of hydrogen-bond donors (Lipinski definition) is 1. The summed E-state index contributed by atoms with van der Waals surface area (Å²) in [6.07, 6.45) is 0. The number of nitrogens with one attached hydrogen (secondary N) is 1. The lowest BCUT2D eigenvalue weighted by Gasteiger charge is -2.18.